The monoisotopic (exact) mass is 270 g/mol. The molecule has 0 fully saturated rings. The predicted molar refractivity (Wildman–Crippen MR) is 70.0 cm³/mol. The summed E-state index contributed by atoms with van der Waals surface area (Å²) >= 11 is 0. The molecule has 104 valence electrons. The maximum atomic E-state index is 10.4. The van der Waals surface area contributed by atoms with Crippen molar-refractivity contribution in [1.29, 1.82) is 0 Å². The summed E-state index contributed by atoms with van der Waals surface area (Å²) in [6.45, 7) is 0. The van der Waals surface area contributed by atoms with Crippen LogP contribution >= 0.6 is 0 Å². The fraction of sp³-hybridized carbons (Fsp3) is 0.300. The molecular weight excluding hydrogens is 254 g/mol. The summed E-state index contributed by atoms with van der Waals surface area (Å²) in [6, 6.07) is 5.50. The highest BCUT2D eigenvalue weighted by atomic mass is 16.7. The van der Waals surface area contributed by atoms with Crippen LogP contribution in [-0.4, -0.2) is 56.9 Å². The summed E-state index contributed by atoms with van der Waals surface area (Å²) < 4.78 is 13.8. The zero-order chi connectivity index (χ0) is 14.8. The second-order valence-electron chi connectivity index (χ2n) is 3.30. The smallest absolute Gasteiger partial charge is 0.478 e. The SMILES string of the molecule is COB(OC)OC.O=C(O)c1cccc(B(O)O)c1. The average Bonchev–Trinajstić information content (AvgIpc) is 2.41. The molecule has 0 atom stereocenters. The maximum Gasteiger partial charge on any atom is 0.638 e. The Morgan fingerprint density at radius 3 is 1.95 bits per heavy atom. The van der Waals surface area contributed by atoms with Crippen LogP contribution in [0.1, 0.15) is 10.4 Å². The van der Waals surface area contributed by atoms with Crippen molar-refractivity contribution in [3.8, 4) is 0 Å². The number of carbonyl (C=O) groups is 1. The minimum Gasteiger partial charge on any atom is -0.478 e. The number of hydrogen-bond donors (Lipinski definition) is 3. The van der Waals surface area contributed by atoms with E-state index in [1.807, 2.05) is 0 Å². The van der Waals surface area contributed by atoms with Gasteiger partial charge in [-0.1, -0.05) is 12.1 Å². The van der Waals surface area contributed by atoms with Crippen LogP contribution in [0.15, 0.2) is 24.3 Å². The molecule has 0 spiro atoms. The zero-order valence-corrected chi connectivity index (χ0v) is 10.9. The minimum atomic E-state index is -1.62. The second-order valence-corrected chi connectivity index (χ2v) is 3.30. The molecule has 3 N–H and O–H groups in total. The van der Waals surface area contributed by atoms with Gasteiger partial charge >= 0.3 is 20.4 Å². The average molecular weight is 270 g/mol. The molecule has 1 rings (SSSR count). The highest BCUT2D eigenvalue weighted by Gasteiger charge is 2.13. The normalized spacial score (nSPS) is 9.32. The molecule has 1 aromatic rings. The molecule has 0 bridgehead atoms. The summed E-state index contributed by atoms with van der Waals surface area (Å²) in [6.07, 6.45) is 0. The lowest BCUT2D eigenvalue weighted by Crippen LogP contribution is -2.30. The number of hydrogen-bond acceptors (Lipinski definition) is 6. The number of carboxylic acids is 1. The molecule has 0 heterocycles. The van der Waals surface area contributed by atoms with Crippen molar-refractivity contribution in [2.45, 2.75) is 0 Å². The first-order valence-corrected chi connectivity index (χ1v) is 5.24. The van der Waals surface area contributed by atoms with Crippen LogP contribution in [0.2, 0.25) is 0 Å². The fourth-order valence-corrected chi connectivity index (χ4v) is 1.12. The summed E-state index contributed by atoms with van der Waals surface area (Å²) in [5.41, 5.74) is 0.218. The topological polar surface area (TPSA) is 105 Å². The van der Waals surface area contributed by atoms with Crippen molar-refractivity contribution in [3.05, 3.63) is 29.8 Å². The Bertz CT molecular complexity index is 376. The van der Waals surface area contributed by atoms with Gasteiger partial charge < -0.3 is 29.1 Å². The molecular formula is C10H16B2O7. The summed E-state index contributed by atoms with van der Waals surface area (Å²) in [7, 11) is 2.40. The molecule has 0 unspecified atom stereocenters. The van der Waals surface area contributed by atoms with E-state index < -0.39 is 20.4 Å². The molecule has 0 saturated heterocycles. The van der Waals surface area contributed by atoms with Crippen LogP contribution in [-0.2, 0) is 14.0 Å². The molecule has 0 aliphatic heterocycles. The molecule has 7 nitrogen and oxygen atoms in total. The Kier molecular flexibility index (Phi) is 8.84. The summed E-state index contributed by atoms with van der Waals surface area (Å²) in [5.74, 6) is -1.09. The number of carboxylic acid groups (broad SMARTS) is 1. The van der Waals surface area contributed by atoms with E-state index >= 15 is 0 Å². The van der Waals surface area contributed by atoms with Gasteiger partial charge in [0.05, 0.1) is 5.56 Å². The van der Waals surface area contributed by atoms with E-state index in [9.17, 15) is 4.79 Å². The van der Waals surface area contributed by atoms with Crippen LogP contribution in [0.25, 0.3) is 0 Å². The van der Waals surface area contributed by atoms with E-state index in [-0.39, 0.29) is 11.0 Å². The third-order valence-corrected chi connectivity index (χ3v) is 2.01. The van der Waals surface area contributed by atoms with Gasteiger partial charge in [-0.15, -0.1) is 0 Å². The van der Waals surface area contributed by atoms with E-state index in [4.69, 9.17) is 15.2 Å². The third kappa shape index (κ3) is 6.94. The number of benzene rings is 1. The van der Waals surface area contributed by atoms with Crippen LogP contribution < -0.4 is 5.46 Å². The standard InChI is InChI=1S/C7H7BO4.C3H9BO3/c9-7(10)5-2-1-3-6(4-5)8(11)12;1-5-4(6-2)7-3/h1-4,11-12H,(H,9,10);1-3H3. The van der Waals surface area contributed by atoms with Crippen LogP contribution in [0.3, 0.4) is 0 Å². The van der Waals surface area contributed by atoms with E-state index in [1.165, 1.54) is 45.6 Å². The van der Waals surface area contributed by atoms with E-state index in [0.29, 0.717) is 0 Å². The van der Waals surface area contributed by atoms with Crippen molar-refractivity contribution in [2.24, 2.45) is 0 Å². The van der Waals surface area contributed by atoms with Crippen molar-refractivity contribution in [1.82, 2.24) is 0 Å². The first-order valence-electron chi connectivity index (χ1n) is 5.24. The van der Waals surface area contributed by atoms with Gasteiger partial charge in [0.15, 0.2) is 0 Å². The van der Waals surface area contributed by atoms with Crippen LogP contribution in [0.4, 0.5) is 0 Å². The number of aromatic carboxylic acids is 1. The molecule has 1 aromatic carbocycles. The van der Waals surface area contributed by atoms with Gasteiger partial charge in [0.1, 0.15) is 0 Å². The van der Waals surface area contributed by atoms with Crippen LogP contribution in [0.5, 0.6) is 0 Å². The molecule has 0 aromatic heterocycles. The molecule has 19 heavy (non-hydrogen) atoms. The second kappa shape index (κ2) is 9.54. The highest BCUT2D eigenvalue weighted by molar-refractivity contribution is 6.58. The Labute approximate surface area is 112 Å². The lowest BCUT2D eigenvalue weighted by Gasteiger charge is -2.01. The lowest BCUT2D eigenvalue weighted by molar-refractivity contribution is 0.0697. The van der Waals surface area contributed by atoms with Gasteiger partial charge in [-0.3, -0.25) is 0 Å². The minimum absolute atomic E-state index is 0.0422. The Balaban J connectivity index is 0.000000399. The number of rotatable bonds is 5. The van der Waals surface area contributed by atoms with E-state index in [2.05, 4.69) is 14.0 Å². The molecule has 0 amide bonds. The quantitative estimate of drug-likeness (QED) is 0.587. The first kappa shape index (κ1) is 17.6. The Morgan fingerprint density at radius 1 is 1.11 bits per heavy atom. The van der Waals surface area contributed by atoms with Crippen molar-refractivity contribution < 1.29 is 33.9 Å². The van der Waals surface area contributed by atoms with Gasteiger partial charge in [0.25, 0.3) is 0 Å². The molecule has 0 radical (unpaired) electrons. The van der Waals surface area contributed by atoms with Gasteiger partial charge in [-0.2, -0.15) is 0 Å². The largest absolute Gasteiger partial charge is 0.638 e. The maximum absolute atomic E-state index is 10.4. The third-order valence-electron chi connectivity index (χ3n) is 2.01. The molecule has 9 heteroatoms. The van der Waals surface area contributed by atoms with Gasteiger partial charge in [0.2, 0.25) is 0 Å². The van der Waals surface area contributed by atoms with Gasteiger partial charge in [-0.05, 0) is 17.6 Å². The fourth-order valence-electron chi connectivity index (χ4n) is 1.12. The zero-order valence-electron chi connectivity index (χ0n) is 10.9. The highest BCUT2D eigenvalue weighted by Crippen LogP contribution is 1.96. The lowest BCUT2D eigenvalue weighted by atomic mass is 9.80. The summed E-state index contributed by atoms with van der Waals surface area (Å²) in [5, 5.41) is 25.9. The van der Waals surface area contributed by atoms with Crippen molar-refractivity contribution in [3.63, 3.8) is 0 Å². The molecule has 0 aliphatic carbocycles. The van der Waals surface area contributed by atoms with Gasteiger partial charge in [-0.25, -0.2) is 4.79 Å². The van der Waals surface area contributed by atoms with Gasteiger partial charge in [0, 0.05) is 21.3 Å². The van der Waals surface area contributed by atoms with Crippen LogP contribution in [0, 0.1) is 0 Å². The Hall–Kier alpha value is -1.38. The predicted octanol–water partition coefficient (Wildman–Crippen LogP) is -1.02. The van der Waals surface area contributed by atoms with E-state index in [1.54, 1.807) is 0 Å². The molecule has 0 saturated carbocycles. The van der Waals surface area contributed by atoms with E-state index in [0.717, 1.165) is 0 Å². The first-order chi connectivity index (χ1) is 8.96. The van der Waals surface area contributed by atoms with Crippen molar-refractivity contribution in [2.75, 3.05) is 21.3 Å². The molecule has 0 aliphatic rings. The Morgan fingerprint density at radius 2 is 1.63 bits per heavy atom. The van der Waals surface area contributed by atoms with Crippen molar-refractivity contribution >= 4 is 25.9 Å². The summed E-state index contributed by atoms with van der Waals surface area (Å²) in [4.78, 5) is 10.4.